The molecule has 51 heavy (non-hydrogen) atoms. The number of halogens is 2. The first-order valence-electron chi connectivity index (χ1n) is 17.0. The van der Waals surface area contributed by atoms with Crippen molar-refractivity contribution >= 4 is 38.4 Å². The highest BCUT2D eigenvalue weighted by Gasteiger charge is 2.41. The number of benzene rings is 5. The lowest BCUT2D eigenvalue weighted by Gasteiger charge is -2.34. The number of aromatic nitrogens is 8. The Labute approximate surface area is 309 Å². The molecule has 5 aromatic carbocycles. The van der Waals surface area contributed by atoms with Crippen LogP contribution >= 0.6 is 27.5 Å². The van der Waals surface area contributed by atoms with Crippen molar-refractivity contribution in [1.29, 1.82) is 0 Å². The van der Waals surface area contributed by atoms with Crippen molar-refractivity contribution < 1.29 is 0 Å². The van der Waals surface area contributed by atoms with E-state index in [1.165, 1.54) is 0 Å². The van der Waals surface area contributed by atoms with Crippen molar-refractivity contribution in [3.63, 3.8) is 0 Å². The van der Waals surface area contributed by atoms with Gasteiger partial charge in [-0.3, -0.25) is 0 Å². The number of unbranched alkanes of at least 4 members (excludes halogenated alkanes) is 1. The number of aryl methyl sites for hydroxylation is 1. The van der Waals surface area contributed by atoms with Crippen LogP contribution in [0.25, 0.3) is 28.0 Å². The van der Waals surface area contributed by atoms with Gasteiger partial charge in [-0.25, -0.2) is 9.67 Å². The lowest BCUT2D eigenvalue weighted by atomic mass is 9.77. The lowest BCUT2D eigenvalue weighted by Crippen LogP contribution is -2.39. The first kappa shape index (κ1) is 32.8. The molecular formula is C41H34BrClN8. The van der Waals surface area contributed by atoms with Crippen LogP contribution in [-0.2, 0) is 18.5 Å². The highest BCUT2D eigenvalue weighted by atomic mass is 79.9. The van der Waals surface area contributed by atoms with Crippen LogP contribution in [0, 0.1) is 0 Å². The van der Waals surface area contributed by atoms with Crippen LogP contribution < -0.4 is 0 Å². The second kappa shape index (κ2) is 14.1. The highest BCUT2D eigenvalue weighted by molar-refractivity contribution is 9.10. The Balaban J connectivity index is 1.22. The third-order valence-corrected chi connectivity index (χ3v) is 10.2. The molecule has 0 amide bonds. The second-order valence-corrected chi connectivity index (χ2v) is 13.6. The van der Waals surface area contributed by atoms with Crippen molar-refractivity contribution in [1.82, 2.24) is 39.5 Å². The first-order chi connectivity index (χ1) is 25.1. The zero-order chi connectivity index (χ0) is 34.8. The molecule has 8 rings (SSSR count). The fourth-order valence-corrected chi connectivity index (χ4v) is 7.65. The van der Waals surface area contributed by atoms with Gasteiger partial charge in [0, 0.05) is 30.1 Å². The molecule has 0 atom stereocenters. The number of rotatable bonds is 11. The van der Waals surface area contributed by atoms with Gasteiger partial charge in [0.25, 0.3) is 0 Å². The molecule has 0 unspecified atom stereocenters. The molecule has 3 aromatic heterocycles. The minimum Gasteiger partial charge on any atom is -0.329 e. The predicted molar refractivity (Wildman–Crippen MR) is 205 cm³/mol. The highest BCUT2D eigenvalue weighted by Crippen LogP contribution is 2.40. The van der Waals surface area contributed by atoms with Crippen LogP contribution in [-0.4, -0.2) is 39.5 Å². The Kier molecular flexibility index (Phi) is 9.06. The summed E-state index contributed by atoms with van der Waals surface area (Å²) >= 11 is 10.2. The maximum absolute atomic E-state index is 6.32. The molecular weight excluding hydrogens is 720 g/mol. The smallest absolute Gasteiger partial charge is 0.207 e. The quantitative estimate of drug-likeness (QED) is 0.123. The molecule has 0 fully saturated rings. The van der Waals surface area contributed by atoms with Gasteiger partial charge in [-0.2, -0.15) is 5.10 Å². The van der Waals surface area contributed by atoms with Crippen LogP contribution in [0.15, 0.2) is 144 Å². The average molecular weight is 754 g/mol. The Bertz CT molecular complexity index is 2320. The van der Waals surface area contributed by atoms with E-state index in [1.807, 2.05) is 89.7 Å². The monoisotopic (exact) mass is 752 g/mol. The molecule has 0 saturated carbocycles. The van der Waals surface area contributed by atoms with Crippen LogP contribution in [0.2, 0.25) is 5.15 Å². The molecule has 0 saturated heterocycles. The topological polar surface area (TPSA) is 79.2 Å². The van der Waals surface area contributed by atoms with E-state index < -0.39 is 5.54 Å². The molecule has 0 N–H and O–H groups in total. The van der Waals surface area contributed by atoms with Gasteiger partial charge in [-0.1, -0.05) is 134 Å². The summed E-state index contributed by atoms with van der Waals surface area (Å²) in [5.74, 6) is 1.49. The predicted octanol–water partition coefficient (Wildman–Crippen LogP) is 9.52. The summed E-state index contributed by atoms with van der Waals surface area (Å²) in [4.78, 5) is 6.31. The Morgan fingerprint density at radius 1 is 0.745 bits per heavy atom. The molecule has 10 heteroatoms. The van der Waals surface area contributed by atoms with E-state index in [0.717, 1.165) is 74.1 Å². The number of para-hydroxylation sites is 1. The minimum absolute atomic E-state index is 0.488. The molecule has 0 aliphatic rings. The SMILES string of the molecule is CCCCc1nc(Cl)cn1Cc1ccc2nn(-c3ccccc3-c3nnn(C(c4ccccc4)(c4ccccc4)c4ccccc4)n3)c(Br)c2c1. The van der Waals surface area contributed by atoms with Gasteiger partial charge < -0.3 is 4.57 Å². The molecule has 0 radical (unpaired) electrons. The summed E-state index contributed by atoms with van der Waals surface area (Å²) in [5, 5.41) is 21.2. The summed E-state index contributed by atoms with van der Waals surface area (Å²) in [5.41, 5.74) is 5.81. The average Bonchev–Trinajstić information content (AvgIpc) is 3.89. The number of hydrogen-bond acceptors (Lipinski definition) is 5. The van der Waals surface area contributed by atoms with E-state index in [2.05, 4.69) is 87.0 Å². The standard InChI is InChI=1S/C41H34BrClN8/c1-2-3-23-38-44-37(43)28-49(38)27-29-24-25-35-34(26-29)39(42)50(46-35)36-22-14-13-21-33(36)40-45-48-51(47-40)41(30-15-7-4-8-16-30,31-17-9-5-10-18-31)32-19-11-6-12-20-32/h4-22,24-26,28H,2-3,23,27H2,1H3. The van der Waals surface area contributed by atoms with E-state index in [0.29, 0.717) is 17.5 Å². The van der Waals surface area contributed by atoms with Crippen LogP contribution in [0.3, 0.4) is 0 Å². The Morgan fingerprint density at radius 3 is 2.02 bits per heavy atom. The lowest BCUT2D eigenvalue weighted by molar-refractivity contribution is 0.396. The van der Waals surface area contributed by atoms with Gasteiger partial charge in [0.1, 0.15) is 15.6 Å². The molecule has 252 valence electrons. The number of hydrogen-bond donors (Lipinski definition) is 0. The van der Waals surface area contributed by atoms with E-state index in [4.69, 9.17) is 32.1 Å². The van der Waals surface area contributed by atoms with Crippen molar-refractivity contribution in [3.8, 4) is 17.1 Å². The van der Waals surface area contributed by atoms with E-state index in [9.17, 15) is 0 Å². The van der Waals surface area contributed by atoms with Crippen molar-refractivity contribution in [2.45, 2.75) is 38.3 Å². The maximum Gasteiger partial charge on any atom is 0.207 e. The molecule has 0 spiro atoms. The zero-order valence-electron chi connectivity index (χ0n) is 27.9. The third-order valence-electron chi connectivity index (χ3n) is 9.27. The Hall–Kier alpha value is -5.38. The fourth-order valence-electron chi connectivity index (χ4n) is 6.84. The van der Waals surface area contributed by atoms with Gasteiger partial charge in [0.2, 0.25) is 5.82 Å². The number of imidazole rings is 1. The number of tetrazole rings is 1. The number of fused-ring (bicyclic) bond motifs is 1. The first-order valence-corrected chi connectivity index (χ1v) is 18.2. The molecule has 0 bridgehead atoms. The van der Waals surface area contributed by atoms with Crippen LogP contribution in [0.5, 0.6) is 0 Å². The molecule has 8 aromatic rings. The summed E-state index contributed by atoms with van der Waals surface area (Å²) in [6.45, 7) is 2.85. The molecule has 0 aliphatic heterocycles. The zero-order valence-corrected chi connectivity index (χ0v) is 30.3. The summed E-state index contributed by atoms with van der Waals surface area (Å²) < 4.78 is 4.88. The van der Waals surface area contributed by atoms with Crippen LogP contribution in [0.1, 0.15) is 47.8 Å². The summed E-state index contributed by atoms with van der Waals surface area (Å²) in [6, 6.07) is 45.4. The van der Waals surface area contributed by atoms with Crippen molar-refractivity contribution in [3.05, 3.63) is 177 Å². The largest absolute Gasteiger partial charge is 0.329 e. The Morgan fingerprint density at radius 2 is 1.37 bits per heavy atom. The summed E-state index contributed by atoms with van der Waals surface area (Å²) in [6.07, 6.45) is 4.97. The van der Waals surface area contributed by atoms with Crippen LogP contribution in [0.4, 0.5) is 0 Å². The van der Waals surface area contributed by atoms with Gasteiger partial charge in [-0.15, -0.1) is 15.0 Å². The van der Waals surface area contributed by atoms with Crippen molar-refractivity contribution in [2.24, 2.45) is 0 Å². The molecule has 8 nitrogen and oxygen atoms in total. The summed E-state index contributed by atoms with van der Waals surface area (Å²) in [7, 11) is 0. The normalized spacial score (nSPS) is 11.7. The minimum atomic E-state index is -0.878. The van der Waals surface area contributed by atoms with Gasteiger partial charge in [0.05, 0.1) is 11.2 Å². The van der Waals surface area contributed by atoms with E-state index in [-0.39, 0.29) is 0 Å². The second-order valence-electron chi connectivity index (χ2n) is 12.5. The molecule has 3 heterocycles. The van der Waals surface area contributed by atoms with E-state index in [1.54, 1.807) is 4.80 Å². The molecule has 0 aliphatic carbocycles. The maximum atomic E-state index is 6.32. The van der Waals surface area contributed by atoms with Gasteiger partial charge in [-0.05, 0) is 74.1 Å². The van der Waals surface area contributed by atoms with Gasteiger partial charge >= 0.3 is 0 Å². The van der Waals surface area contributed by atoms with Gasteiger partial charge in [0.15, 0.2) is 5.54 Å². The third kappa shape index (κ3) is 6.06. The fraction of sp³-hybridized carbons (Fsp3) is 0.146. The van der Waals surface area contributed by atoms with Crippen molar-refractivity contribution in [2.75, 3.05) is 0 Å². The number of nitrogens with zero attached hydrogens (tertiary/aromatic N) is 8. The van der Waals surface area contributed by atoms with E-state index >= 15 is 0 Å².